The van der Waals surface area contributed by atoms with Gasteiger partial charge < -0.3 is 9.64 Å². The first kappa shape index (κ1) is 12.5. The van der Waals surface area contributed by atoms with Crippen molar-refractivity contribution in [3.8, 4) is 5.75 Å². The number of pyridine rings is 1. The number of likely N-dealkylation sites (tertiary alicyclic amines) is 1. The maximum absolute atomic E-state index is 5.30. The highest BCUT2D eigenvalue weighted by molar-refractivity contribution is 5.48. The fourth-order valence-electron chi connectivity index (χ4n) is 3.05. The summed E-state index contributed by atoms with van der Waals surface area (Å²) in [6.45, 7) is 4.61. The highest BCUT2D eigenvalue weighted by atomic mass is 16.5. The third-order valence-electron chi connectivity index (χ3n) is 4.14. The van der Waals surface area contributed by atoms with Crippen molar-refractivity contribution in [2.75, 3.05) is 20.2 Å². The molecule has 0 bridgehead atoms. The van der Waals surface area contributed by atoms with Crippen LogP contribution in [0, 0.1) is 0 Å². The second-order valence-electron chi connectivity index (χ2n) is 5.17. The molecule has 1 aliphatic rings. The third kappa shape index (κ3) is 2.32. The average Bonchev–Trinajstić information content (AvgIpc) is 3.06. The lowest BCUT2D eigenvalue weighted by Crippen LogP contribution is -2.31. The molecule has 2 aromatic rings. The molecule has 19 heavy (non-hydrogen) atoms. The summed E-state index contributed by atoms with van der Waals surface area (Å²) in [5.74, 6) is 2.02. The Labute approximate surface area is 114 Å². The second-order valence-corrected chi connectivity index (χ2v) is 5.17. The first-order valence-corrected chi connectivity index (χ1v) is 7.06. The van der Waals surface area contributed by atoms with Gasteiger partial charge in [0.2, 0.25) is 0 Å². The smallest absolute Gasteiger partial charge is 0.135 e. The van der Waals surface area contributed by atoms with Gasteiger partial charge in [0.15, 0.2) is 0 Å². The quantitative estimate of drug-likeness (QED) is 0.844. The lowest BCUT2D eigenvalue weighted by atomic mass is 10.1. The van der Waals surface area contributed by atoms with E-state index in [0.717, 1.165) is 30.1 Å². The van der Waals surface area contributed by atoms with Crippen LogP contribution in [0.4, 0.5) is 0 Å². The van der Waals surface area contributed by atoms with Crippen LogP contribution in [0.5, 0.6) is 5.75 Å². The number of aromatic nitrogens is 2. The molecule has 1 unspecified atom stereocenters. The molecule has 1 aliphatic heterocycles. The minimum absolute atomic E-state index is 0.641. The number of nitrogens with zero attached hydrogens (tertiary/aromatic N) is 3. The molecule has 1 atom stereocenters. The van der Waals surface area contributed by atoms with Crippen molar-refractivity contribution in [2.45, 2.75) is 32.2 Å². The number of hydrogen-bond donors (Lipinski definition) is 0. The monoisotopic (exact) mass is 259 g/mol. The van der Waals surface area contributed by atoms with E-state index in [9.17, 15) is 0 Å². The average molecular weight is 259 g/mol. The zero-order valence-corrected chi connectivity index (χ0v) is 11.7. The van der Waals surface area contributed by atoms with Crippen LogP contribution >= 0.6 is 0 Å². The molecule has 1 saturated heterocycles. The summed E-state index contributed by atoms with van der Waals surface area (Å²) in [6, 6.07) is 4.68. The van der Waals surface area contributed by atoms with E-state index in [2.05, 4.69) is 27.3 Å². The van der Waals surface area contributed by atoms with Crippen molar-refractivity contribution < 1.29 is 4.74 Å². The minimum atomic E-state index is 0.641. The topological polar surface area (TPSA) is 29.8 Å². The zero-order valence-electron chi connectivity index (χ0n) is 11.7. The first-order valence-electron chi connectivity index (χ1n) is 7.06. The molecule has 2 aromatic heterocycles. The largest absolute Gasteiger partial charge is 0.495 e. The fraction of sp³-hybridized carbons (Fsp3) is 0.533. The maximum atomic E-state index is 5.30. The lowest BCUT2D eigenvalue weighted by Gasteiger charge is -2.22. The van der Waals surface area contributed by atoms with E-state index in [1.54, 1.807) is 7.11 Å². The van der Waals surface area contributed by atoms with Crippen molar-refractivity contribution in [3.05, 3.63) is 30.4 Å². The summed E-state index contributed by atoms with van der Waals surface area (Å²) in [4.78, 5) is 7.14. The van der Waals surface area contributed by atoms with Gasteiger partial charge in [0, 0.05) is 12.5 Å². The Morgan fingerprint density at radius 1 is 1.42 bits per heavy atom. The van der Waals surface area contributed by atoms with Crippen LogP contribution in [0.25, 0.3) is 5.52 Å². The van der Waals surface area contributed by atoms with Gasteiger partial charge in [0.1, 0.15) is 11.6 Å². The molecule has 0 saturated carbocycles. The number of hydrogen-bond acceptors (Lipinski definition) is 3. The van der Waals surface area contributed by atoms with Crippen molar-refractivity contribution in [1.82, 2.24) is 14.3 Å². The number of imidazole rings is 1. The highest BCUT2D eigenvalue weighted by Gasteiger charge is 2.24. The Morgan fingerprint density at radius 2 is 2.32 bits per heavy atom. The Morgan fingerprint density at radius 3 is 3.11 bits per heavy atom. The highest BCUT2D eigenvalue weighted by Crippen LogP contribution is 2.22. The summed E-state index contributed by atoms with van der Waals surface area (Å²) in [5.41, 5.74) is 1.14. The normalized spacial score (nSPS) is 20.2. The summed E-state index contributed by atoms with van der Waals surface area (Å²) in [7, 11) is 1.70. The lowest BCUT2D eigenvalue weighted by molar-refractivity contribution is 0.263. The molecule has 3 rings (SSSR count). The second kappa shape index (κ2) is 5.21. The third-order valence-corrected chi connectivity index (χ3v) is 4.14. The van der Waals surface area contributed by atoms with Crippen LogP contribution in [0.1, 0.15) is 25.6 Å². The molecule has 0 N–H and O–H groups in total. The summed E-state index contributed by atoms with van der Waals surface area (Å²) < 4.78 is 7.46. The van der Waals surface area contributed by atoms with Crippen molar-refractivity contribution in [1.29, 1.82) is 0 Å². The molecule has 102 valence electrons. The Hall–Kier alpha value is -1.55. The fourth-order valence-corrected chi connectivity index (χ4v) is 3.05. The van der Waals surface area contributed by atoms with Crippen LogP contribution in [-0.4, -0.2) is 40.5 Å². The van der Waals surface area contributed by atoms with Gasteiger partial charge in [0.05, 0.1) is 25.0 Å². The number of likely N-dealkylation sites (N-methyl/N-ethyl adjacent to an activating group) is 1. The van der Waals surface area contributed by atoms with E-state index < -0.39 is 0 Å². The van der Waals surface area contributed by atoms with Gasteiger partial charge in [-0.05, 0) is 38.1 Å². The van der Waals surface area contributed by atoms with E-state index in [-0.39, 0.29) is 0 Å². The van der Waals surface area contributed by atoms with Gasteiger partial charge in [-0.15, -0.1) is 0 Å². The van der Waals surface area contributed by atoms with Gasteiger partial charge >= 0.3 is 0 Å². The molecule has 0 amide bonds. The molecular formula is C15H21N3O. The molecule has 0 aliphatic carbocycles. The molecule has 0 aromatic carbocycles. The number of fused-ring (bicyclic) bond motifs is 1. The maximum Gasteiger partial charge on any atom is 0.135 e. The van der Waals surface area contributed by atoms with E-state index in [1.165, 1.54) is 19.4 Å². The van der Waals surface area contributed by atoms with E-state index >= 15 is 0 Å². The first-order chi connectivity index (χ1) is 9.31. The van der Waals surface area contributed by atoms with Crippen molar-refractivity contribution >= 4 is 5.52 Å². The van der Waals surface area contributed by atoms with Gasteiger partial charge in [-0.2, -0.15) is 0 Å². The van der Waals surface area contributed by atoms with Crippen LogP contribution < -0.4 is 4.74 Å². The zero-order chi connectivity index (χ0) is 13.2. The molecule has 3 heterocycles. The molecular weight excluding hydrogens is 238 g/mol. The van der Waals surface area contributed by atoms with Crippen LogP contribution in [0.2, 0.25) is 0 Å². The Bertz CT molecular complexity index is 564. The van der Waals surface area contributed by atoms with Gasteiger partial charge in [-0.3, -0.25) is 4.40 Å². The summed E-state index contributed by atoms with van der Waals surface area (Å²) >= 11 is 0. The van der Waals surface area contributed by atoms with Gasteiger partial charge in [-0.1, -0.05) is 6.92 Å². The van der Waals surface area contributed by atoms with E-state index in [1.807, 2.05) is 18.5 Å². The number of rotatable bonds is 4. The predicted octanol–water partition coefficient (Wildman–Crippen LogP) is 2.37. The SMILES string of the molecule is CCN1CCCC1Cc1ncc2ccc(OC)cn12. The Kier molecular flexibility index (Phi) is 3.42. The van der Waals surface area contributed by atoms with E-state index in [4.69, 9.17) is 4.74 Å². The van der Waals surface area contributed by atoms with Crippen LogP contribution in [-0.2, 0) is 6.42 Å². The number of ether oxygens (including phenoxy) is 1. The van der Waals surface area contributed by atoms with Crippen molar-refractivity contribution in [3.63, 3.8) is 0 Å². The molecule has 4 nitrogen and oxygen atoms in total. The Balaban J connectivity index is 1.88. The molecule has 0 radical (unpaired) electrons. The molecule has 4 heteroatoms. The van der Waals surface area contributed by atoms with Crippen molar-refractivity contribution in [2.24, 2.45) is 0 Å². The van der Waals surface area contributed by atoms with Gasteiger partial charge in [-0.25, -0.2) is 4.98 Å². The standard InChI is InChI=1S/C15H21N3O/c1-3-17-8-4-5-12(17)9-15-16-10-13-6-7-14(19-2)11-18(13)15/h6-7,10-12H,3-5,8-9H2,1-2H3. The summed E-state index contributed by atoms with van der Waals surface area (Å²) in [5, 5.41) is 0. The summed E-state index contributed by atoms with van der Waals surface area (Å²) in [6.07, 6.45) is 7.59. The van der Waals surface area contributed by atoms with Gasteiger partial charge in [0.25, 0.3) is 0 Å². The predicted molar refractivity (Wildman–Crippen MR) is 75.7 cm³/mol. The van der Waals surface area contributed by atoms with Crippen LogP contribution in [0.3, 0.4) is 0 Å². The van der Waals surface area contributed by atoms with E-state index in [0.29, 0.717) is 6.04 Å². The van der Waals surface area contributed by atoms with Crippen LogP contribution in [0.15, 0.2) is 24.5 Å². The minimum Gasteiger partial charge on any atom is -0.495 e. The molecule has 0 spiro atoms. The number of methoxy groups -OCH3 is 1. The molecule has 1 fully saturated rings.